The number of halogens is 2. The van der Waals surface area contributed by atoms with Gasteiger partial charge in [-0.3, -0.25) is 4.79 Å². The number of amides is 1. The molecular weight excluding hydrogens is 498 g/mol. The fourth-order valence-corrected chi connectivity index (χ4v) is 3.10. The molecule has 0 saturated carbocycles. The molecule has 0 radical (unpaired) electrons. The van der Waals surface area contributed by atoms with E-state index in [1.165, 1.54) is 11.0 Å². The molecule has 6 nitrogen and oxygen atoms in total. The highest BCUT2D eigenvalue weighted by Crippen LogP contribution is 2.31. The van der Waals surface area contributed by atoms with E-state index in [2.05, 4.69) is 15.6 Å². The van der Waals surface area contributed by atoms with Crippen LogP contribution in [0.15, 0.2) is 47.5 Å². The maximum absolute atomic E-state index is 13.5. The van der Waals surface area contributed by atoms with Crippen LogP contribution in [0.5, 0.6) is 5.75 Å². The van der Waals surface area contributed by atoms with Gasteiger partial charge in [-0.15, -0.1) is 24.0 Å². The number of aryl methyl sites for hydroxylation is 1. The topological polar surface area (TPSA) is 66.0 Å². The minimum atomic E-state index is -0.232. The average Bonchev–Trinajstić information content (AvgIpc) is 2.72. The van der Waals surface area contributed by atoms with Gasteiger partial charge in [0.05, 0.1) is 25.7 Å². The maximum Gasteiger partial charge on any atom is 0.241 e. The first-order chi connectivity index (χ1) is 13.9. The second-order valence-corrected chi connectivity index (χ2v) is 7.26. The molecule has 8 heteroatoms. The molecular formula is C22H28FIN4O2. The Morgan fingerprint density at radius 2 is 2.03 bits per heavy atom. The van der Waals surface area contributed by atoms with Gasteiger partial charge in [-0.25, -0.2) is 9.38 Å². The Morgan fingerprint density at radius 1 is 1.27 bits per heavy atom. The molecule has 2 N–H and O–H groups in total. The van der Waals surface area contributed by atoms with Gasteiger partial charge in [-0.1, -0.05) is 30.3 Å². The summed E-state index contributed by atoms with van der Waals surface area (Å²) >= 11 is 0. The molecule has 1 aliphatic rings. The van der Waals surface area contributed by atoms with Crippen LogP contribution >= 0.6 is 24.0 Å². The Bertz CT molecular complexity index is 904. The summed E-state index contributed by atoms with van der Waals surface area (Å²) in [7, 11) is 3.43. The lowest BCUT2D eigenvalue weighted by Crippen LogP contribution is -2.45. The van der Waals surface area contributed by atoms with Crippen LogP contribution < -0.4 is 15.4 Å². The normalized spacial score (nSPS) is 15.3. The fourth-order valence-electron chi connectivity index (χ4n) is 3.10. The molecule has 0 bridgehead atoms. The highest BCUT2D eigenvalue weighted by molar-refractivity contribution is 14.0. The first-order valence-electron chi connectivity index (χ1n) is 9.66. The lowest BCUT2D eigenvalue weighted by atomic mass is 10.0. The predicted molar refractivity (Wildman–Crippen MR) is 127 cm³/mol. The van der Waals surface area contributed by atoms with E-state index < -0.39 is 0 Å². The Labute approximate surface area is 193 Å². The number of guanidine groups is 1. The number of likely N-dealkylation sites (N-methyl/N-ethyl adjacent to an activating group) is 1. The van der Waals surface area contributed by atoms with Crippen molar-refractivity contribution in [2.24, 2.45) is 4.99 Å². The highest BCUT2D eigenvalue weighted by Gasteiger charge is 2.22. The van der Waals surface area contributed by atoms with Crippen molar-refractivity contribution in [1.82, 2.24) is 15.5 Å². The summed E-state index contributed by atoms with van der Waals surface area (Å²) in [6.07, 6.45) is 0.787. The van der Waals surface area contributed by atoms with E-state index in [1.807, 2.05) is 24.3 Å². The number of carbonyl (C=O) groups excluding carboxylic acids is 1. The molecule has 30 heavy (non-hydrogen) atoms. The van der Waals surface area contributed by atoms with Gasteiger partial charge < -0.3 is 20.3 Å². The molecule has 0 spiro atoms. The molecule has 2 aromatic carbocycles. The van der Waals surface area contributed by atoms with Crippen molar-refractivity contribution in [1.29, 1.82) is 0 Å². The van der Waals surface area contributed by atoms with E-state index in [0.29, 0.717) is 24.7 Å². The van der Waals surface area contributed by atoms with Gasteiger partial charge in [-0.05, 0) is 30.2 Å². The zero-order chi connectivity index (χ0) is 20.8. The molecule has 0 aromatic heterocycles. The lowest BCUT2D eigenvalue weighted by molar-refractivity contribution is -0.127. The van der Waals surface area contributed by atoms with Crippen LogP contribution in [0.3, 0.4) is 0 Å². The fraction of sp³-hybridized carbons (Fsp3) is 0.364. The Hall–Kier alpha value is -2.36. The Kier molecular flexibility index (Phi) is 8.88. The van der Waals surface area contributed by atoms with Gasteiger partial charge in [0.15, 0.2) is 5.96 Å². The van der Waals surface area contributed by atoms with E-state index >= 15 is 0 Å². The van der Waals surface area contributed by atoms with Crippen molar-refractivity contribution in [3.8, 4) is 5.75 Å². The van der Waals surface area contributed by atoms with Crippen molar-refractivity contribution < 1.29 is 13.9 Å². The molecule has 1 unspecified atom stereocenters. The van der Waals surface area contributed by atoms with Crippen molar-refractivity contribution in [3.05, 3.63) is 65.0 Å². The number of aliphatic imine (C=N–C) groups is 1. The summed E-state index contributed by atoms with van der Waals surface area (Å²) in [5.41, 5.74) is 2.54. The van der Waals surface area contributed by atoms with E-state index in [1.54, 1.807) is 33.2 Å². The molecule has 0 saturated heterocycles. The van der Waals surface area contributed by atoms with Crippen molar-refractivity contribution >= 4 is 35.8 Å². The summed E-state index contributed by atoms with van der Waals surface area (Å²) in [5, 5.41) is 6.52. The van der Waals surface area contributed by atoms with Crippen LogP contribution in [0.4, 0.5) is 4.39 Å². The molecule has 0 fully saturated rings. The zero-order valence-electron chi connectivity index (χ0n) is 17.4. The number of ether oxygens (including phenoxy) is 1. The SMILES string of the molecule is Cc1cc(CN=C(NCC(=O)N(C)C)NC2CCOc3ccccc32)ccc1F.I. The summed E-state index contributed by atoms with van der Waals surface area (Å²) in [6.45, 7) is 2.84. The first-order valence-corrected chi connectivity index (χ1v) is 9.66. The third-order valence-electron chi connectivity index (χ3n) is 4.82. The van der Waals surface area contributed by atoms with Crippen molar-refractivity contribution in [2.45, 2.75) is 25.9 Å². The molecule has 1 amide bonds. The van der Waals surface area contributed by atoms with Gasteiger partial charge in [0, 0.05) is 26.1 Å². The Balaban J connectivity index is 0.00000320. The second-order valence-electron chi connectivity index (χ2n) is 7.26. The largest absolute Gasteiger partial charge is 0.493 e. The lowest BCUT2D eigenvalue weighted by Gasteiger charge is -2.28. The van der Waals surface area contributed by atoms with E-state index in [-0.39, 0.29) is 48.3 Å². The minimum Gasteiger partial charge on any atom is -0.493 e. The standard InChI is InChI=1S/C22H27FN4O2.HI/c1-15-12-16(8-9-18(15)23)13-24-22(25-14-21(28)27(2)3)26-19-10-11-29-20-7-5-4-6-17(19)20;/h4-9,12,19H,10-11,13-14H2,1-3H3,(H2,24,25,26);1H. The third kappa shape index (κ3) is 6.32. The van der Waals surface area contributed by atoms with Gasteiger partial charge in [0.1, 0.15) is 11.6 Å². The molecule has 1 aliphatic heterocycles. The van der Waals surface area contributed by atoms with Crippen LogP contribution in [0.1, 0.15) is 29.2 Å². The van der Waals surface area contributed by atoms with Crippen molar-refractivity contribution in [3.63, 3.8) is 0 Å². The number of nitrogens with zero attached hydrogens (tertiary/aromatic N) is 2. The van der Waals surface area contributed by atoms with Gasteiger partial charge in [0.25, 0.3) is 0 Å². The monoisotopic (exact) mass is 526 g/mol. The molecule has 0 aliphatic carbocycles. The van der Waals surface area contributed by atoms with Crippen LogP contribution in [0.25, 0.3) is 0 Å². The third-order valence-corrected chi connectivity index (χ3v) is 4.82. The van der Waals surface area contributed by atoms with Gasteiger partial charge >= 0.3 is 0 Å². The number of benzene rings is 2. The van der Waals surface area contributed by atoms with Crippen LogP contribution in [0, 0.1) is 12.7 Å². The number of fused-ring (bicyclic) bond motifs is 1. The van der Waals surface area contributed by atoms with Crippen LogP contribution in [-0.2, 0) is 11.3 Å². The van der Waals surface area contributed by atoms with Crippen molar-refractivity contribution in [2.75, 3.05) is 27.2 Å². The second kappa shape index (κ2) is 11.1. The summed E-state index contributed by atoms with van der Waals surface area (Å²) in [6, 6.07) is 12.9. The zero-order valence-corrected chi connectivity index (χ0v) is 19.8. The number of carbonyl (C=O) groups is 1. The number of hydrogen-bond acceptors (Lipinski definition) is 3. The Morgan fingerprint density at radius 3 is 2.77 bits per heavy atom. The van der Waals surface area contributed by atoms with Gasteiger partial charge in [-0.2, -0.15) is 0 Å². The number of rotatable bonds is 5. The van der Waals surface area contributed by atoms with Crippen LogP contribution in [0.2, 0.25) is 0 Å². The van der Waals surface area contributed by atoms with Crippen LogP contribution in [-0.4, -0.2) is 44.0 Å². The molecule has 1 heterocycles. The van der Waals surface area contributed by atoms with E-state index in [9.17, 15) is 9.18 Å². The molecule has 2 aromatic rings. The highest BCUT2D eigenvalue weighted by atomic mass is 127. The predicted octanol–water partition coefficient (Wildman–Crippen LogP) is 3.40. The van der Waals surface area contributed by atoms with E-state index in [0.717, 1.165) is 23.3 Å². The van der Waals surface area contributed by atoms with Gasteiger partial charge in [0.2, 0.25) is 5.91 Å². The smallest absolute Gasteiger partial charge is 0.241 e. The molecule has 3 rings (SSSR count). The molecule has 1 atom stereocenters. The summed E-state index contributed by atoms with van der Waals surface area (Å²) in [4.78, 5) is 18.2. The number of para-hydroxylation sites is 1. The number of nitrogens with one attached hydrogen (secondary N) is 2. The first kappa shape index (κ1) is 23.9. The quantitative estimate of drug-likeness (QED) is 0.356. The average molecular weight is 526 g/mol. The minimum absolute atomic E-state index is 0. The number of hydrogen-bond donors (Lipinski definition) is 2. The maximum atomic E-state index is 13.5. The summed E-state index contributed by atoms with van der Waals surface area (Å²) < 4.78 is 19.2. The molecule has 162 valence electrons. The summed E-state index contributed by atoms with van der Waals surface area (Å²) in [5.74, 6) is 1.10. The van der Waals surface area contributed by atoms with E-state index in [4.69, 9.17) is 4.74 Å².